The van der Waals surface area contributed by atoms with Gasteiger partial charge in [0.25, 0.3) is 0 Å². The second-order valence-electron chi connectivity index (χ2n) is 7.75. The SMILES string of the molecule is Nc1ccc(Oc2cccc(-c3cccc(Oc4ccc(N)c(C(F)(F)F)c4)c3)c2)cc1C(F)(F)F. The number of hydrogen-bond donors (Lipinski definition) is 2. The maximum atomic E-state index is 13.1. The van der Waals surface area contributed by atoms with E-state index in [0.29, 0.717) is 11.1 Å². The fourth-order valence-electron chi connectivity index (χ4n) is 3.44. The molecule has 4 aromatic carbocycles. The molecule has 0 saturated heterocycles. The van der Waals surface area contributed by atoms with Crippen molar-refractivity contribution >= 4 is 11.4 Å². The van der Waals surface area contributed by atoms with E-state index in [1.54, 1.807) is 48.5 Å². The maximum Gasteiger partial charge on any atom is 0.418 e. The third kappa shape index (κ3) is 5.65. The Kier molecular flexibility index (Phi) is 6.45. The van der Waals surface area contributed by atoms with Gasteiger partial charge in [-0.2, -0.15) is 26.3 Å². The number of nitrogens with two attached hydrogens (primary N) is 2. The molecule has 0 bridgehead atoms. The first-order valence-corrected chi connectivity index (χ1v) is 10.4. The van der Waals surface area contributed by atoms with Crippen molar-refractivity contribution in [2.24, 2.45) is 0 Å². The van der Waals surface area contributed by atoms with Crippen LogP contribution in [0.25, 0.3) is 11.1 Å². The minimum absolute atomic E-state index is 0.0467. The Morgan fingerprint density at radius 3 is 1.19 bits per heavy atom. The summed E-state index contributed by atoms with van der Waals surface area (Å²) < 4.78 is 90.0. The van der Waals surface area contributed by atoms with Gasteiger partial charge in [0.2, 0.25) is 0 Å². The van der Waals surface area contributed by atoms with E-state index in [2.05, 4.69) is 0 Å². The molecule has 0 aliphatic heterocycles. The van der Waals surface area contributed by atoms with Gasteiger partial charge in [0.15, 0.2) is 0 Å². The van der Waals surface area contributed by atoms with Crippen LogP contribution in [0.5, 0.6) is 23.0 Å². The Morgan fingerprint density at radius 1 is 0.472 bits per heavy atom. The second kappa shape index (κ2) is 9.37. The molecular weight excluding hydrogens is 486 g/mol. The molecule has 4 rings (SSSR count). The molecule has 0 fully saturated rings. The molecule has 0 heterocycles. The van der Waals surface area contributed by atoms with Crippen LogP contribution in [-0.2, 0) is 12.4 Å². The van der Waals surface area contributed by atoms with E-state index in [-0.39, 0.29) is 23.0 Å². The zero-order chi connectivity index (χ0) is 26.1. The van der Waals surface area contributed by atoms with Crippen LogP contribution in [0.4, 0.5) is 37.7 Å². The summed E-state index contributed by atoms with van der Waals surface area (Å²) in [5.41, 5.74) is 9.29. The summed E-state index contributed by atoms with van der Waals surface area (Å²) in [5.74, 6) is 0.444. The second-order valence-corrected chi connectivity index (χ2v) is 7.75. The van der Waals surface area contributed by atoms with Crippen molar-refractivity contribution in [1.29, 1.82) is 0 Å². The normalized spacial score (nSPS) is 11.8. The molecule has 0 unspecified atom stereocenters. The monoisotopic (exact) mass is 504 g/mol. The van der Waals surface area contributed by atoms with Gasteiger partial charge in [-0.25, -0.2) is 0 Å². The molecule has 4 nitrogen and oxygen atoms in total. The van der Waals surface area contributed by atoms with E-state index < -0.39 is 34.9 Å². The Morgan fingerprint density at radius 2 is 0.833 bits per heavy atom. The van der Waals surface area contributed by atoms with Crippen molar-refractivity contribution in [2.45, 2.75) is 12.4 Å². The lowest BCUT2D eigenvalue weighted by Crippen LogP contribution is -2.08. The van der Waals surface area contributed by atoms with Crippen LogP contribution >= 0.6 is 0 Å². The molecule has 0 spiro atoms. The van der Waals surface area contributed by atoms with Crippen LogP contribution in [0.1, 0.15) is 11.1 Å². The zero-order valence-electron chi connectivity index (χ0n) is 18.3. The lowest BCUT2D eigenvalue weighted by Gasteiger charge is -2.14. The van der Waals surface area contributed by atoms with Crippen LogP contribution < -0.4 is 20.9 Å². The lowest BCUT2D eigenvalue weighted by molar-refractivity contribution is -0.137. The third-order valence-electron chi connectivity index (χ3n) is 5.13. The van der Waals surface area contributed by atoms with Gasteiger partial charge in [-0.05, 0) is 71.8 Å². The van der Waals surface area contributed by atoms with E-state index in [9.17, 15) is 26.3 Å². The largest absolute Gasteiger partial charge is 0.457 e. The van der Waals surface area contributed by atoms with Crippen molar-refractivity contribution in [3.05, 3.63) is 96.1 Å². The van der Waals surface area contributed by atoms with Gasteiger partial charge in [0, 0.05) is 11.4 Å². The van der Waals surface area contributed by atoms with E-state index in [0.717, 1.165) is 24.3 Å². The van der Waals surface area contributed by atoms with Gasteiger partial charge < -0.3 is 20.9 Å². The van der Waals surface area contributed by atoms with E-state index in [1.165, 1.54) is 12.1 Å². The topological polar surface area (TPSA) is 70.5 Å². The Balaban J connectivity index is 1.57. The van der Waals surface area contributed by atoms with Crippen LogP contribution in [0.2, 0.25) is 0 Å². The Bertz CT molecular complexity index is 1290. The highest BCUT2D eigenvalue weighted by atomic mass is 19.4. The number of alkyl halides is 6. The van der Waals surface area contributed by atoms with Crippen molar-refractivity contribution in [1.82, 2.24) is 0 Å². The summed E-state index contributed by atoms with van der Waals surface area (Å²) >= 11 is 0. The first kappa shape index (κ1) is 24.8. The molecule has 0 atom stereocenters. The average Bonchev–Trinajstić information content (AvgIpc) is 2.80. The van der Waals surface area contributed by atoms with Crippen molar-refractivity contribution in [3.63, 3.8) is 0 Å². The number of halogens is 6. The van der Waals surface area contributed by atoms with Crippen LogP contribution in [0.15, 0.2) is 84.9 Å². The molecule has 4 N–H and O–H groups in total. The average molecular weight is 504 g/mol. The summed E-state index contributed by atoms with van der Waals surface area (Å²) in [5, 5.41) is 0. The molecule has 4 aromatic rings. The quantitative estimate of drug-likeness (QED) is 0.213. The van der Waals surface area contributed by atoms with Gasteiger partial charge in [-0.1, -0.05) is 24.3 Å². The number of hydrogen-bond acceptors (Lipinski definition) is 4. The number of anilines is 2. The number of nitrogen functional groups attached to an aromatic ring is 2. The fourth-order valence-corrected chi connectivity index (χ4v) is 3.44. The highest BCUT2D eigenvalue weighted by Gasteiger charge is 2.34. The molecule has 0 aliphatic rings. The summed E-state index contributed by atoms with van der Waals surface area (Å²) in [6.07, 6.45) is -9.26. The van der Waals surface area contributed by atoms with E-state index in [4.69, 9.17) is 20.9 Å². The van der Waals surface area contributed by atoms with Crippen molar-refractivity contribution in [2.75, 3.05) is 11.5 Å². The Labute approximate surface area is 201 Å². The summed E-state index contributed by atoms with van der Waals surface area (Å²) in [7, 11) is 0. The van der Waals surface area contributed by atoms with Gasteiger partial charge >= 0.3 is 12.4 Å². The molecule has 0 saturated carbocycles. The Hall–Kier alpha value is -4.34. The lowest BCUT2D eigenvalue weighted by atomic mass is 10.1. The van der Waals surface area contributed by atoms with Crippen molar-refractivity contribution < 1.29 is 35.8 Å². The van der Waals surface area contributed by atoms with Gasteiger partial charge in [0.05, 0.1) is 11.1 Å². The third-order valence-corrected chi connectivity index (χ3v) is 5.13. The maximum absolute atomic E-state index is 13.1. The number of ether oxygens (including phenoxy) is 2. The number of benzene rings is 4. The predicted molar refractivity (Wildman–Crippen MR) is 124 cm³/mol. The summed E-state index contributed by atoms with van der Waals surface area (Å²) in [6.45, 7) is 0. The number of rotatable bonds is 5. The van der Waals surface area contributed by atoms with Gasteiger partial charge in [0.1, 0.15) is 23.0 Å². The van der Waals surface area contributed by atoms with E-state index in [1.807, 2.05) is 0 Å². The zero-order valence-corrected chi connectivity index (χ0v) is 18.3. The first-order valence-electron chi connectivity index (χ1n) is 10.4. The molecule has 186 valence electrons. The van der Waals surface area contributed by atoms with Crippen LogP contribution in [-0.4, -0.2) is 0 Å². The molecule has 0 aliphatic carbocycles. The molecule has 10 heteroatoms. The van der Waals surface area contributed by atoms with Crippen molar-refractivity contribution in [3.8, 4) is 34.1 Å². The highest BCUT2D eigenvalue weighted by Crippen LogP contribution is 2.39. The van der Waals surface area contributed by atoms with Gasteiger partial charge in [-0.3, -0.25) is 0 Å². The molecule has 0 amide bonds. The van der Waals surface area contributed by atoms with Crippen LogP contribution in [0, 0.1) is 0 Å². The molecular formula is C26H18F6N2O2. The molecule has 36 heavy (non-hydrogen) atoms. The van der Waals surface area contributed by atoms with Gasteiger partial charge in [-0.15, -0.1) is 0 Å². The highest BCUT2D eigenvalue weighted by molar-refractivity contribution is 5.67. The minimum Gasteiger partial charge on any atom is -0.457 e. The smallest absolute Gasteiger partial charge is 0.418 e. The first-order chi connectivity index (χ1) is 16.9. The fraction of sp³-hybridized carbons (Fsp3) is 0.0769. The van der Waals surface area contributed by atoms with Crippen LogP contribution in [0.3, 0.4) is 0 Å². The summed E-state index contributed by atoms with van der Waals surface area (Å²) in [6, 6.07) is 19.6. The predicted octanol–water partition coefficient (Wildman–Crippen LogP) is 8.14. The minimum atomic E-state index is -4.63. The van der Waals surface area contributed by atoms with E-state index >= 15 is 0 Å². The molecule has 0 aromatic heterocycles. The summed E-state index contributed by atoms with van der Waals surface area (Å²) in [4.78, 5) is 0. The molecule has 0 radical (unpaired) electrons. The standard InChI is InChI=1S/C26H18F6N2O2/c27-25(28,29)21-13-19(7-9-23(21)33)35-17-5-1-3-15(11-17)16-4-2-6-18(12-16)36-20-8-10-24(34)22(14-20)26(30,31)32/h1-14H,33-34H2.